The molecule has 0 amide bonds. The van der Waals surface area contributed by atoms with Crippen molar-refractivity contribution >= 4 is 45.4 Å². The van der Waals surface area contributed by atoms with E-state index in [4.69, 9.17) is 14.5 Å². The van der Waals surface area contributed by atoms with Gasteiger partial charge in [0.15, 0.2) is 11.6 Å². The average molecular weight is 484 g/mol. The first kappa shape index (κ1) is 22.8. The number of nitrogens with zero attached hydrogens (tertiary/aromatic N) is 2. The zero-order valence-corrected chi connectivity index (χ0v) is 20.3. The monoisotopic (exact) mass is 483 g/mol. The Morgan fingerprint density at radius 3 is 2.66 bits per heavy atom. The highest BCUT2D eigenvalue weighted by atomic mass is 32.2. The zero-order valence-electron chi connectivity index (χ0n) is 19.5. The second-order valence-electron chi connectivity index (χ2n) is 7.97. The van der Waals surface area contributed by atoms with Gasteiger partial charge in [-0.2, -0.15) is 0 Å². The van der Waals surface area contributed by atoms with E-state index >= 15 is 0 Å². The number of hydrogen-bond acceptors (Lipinski definition) is 6. The number of anilines is 1. The lowest BCUT2D eigenvalue weighted by Gasteiger charge is -2.25. The van der Waals surface area contributed by atoms with Crippen LogP contribution in [0.4, 0.5) is 5.82 Å². The fraction of sp³-hybridized carbons (Fsp3) is 0.143. The first-order valence-electron chi connectivity index (χ1n) is 11.4. The predicted octanol–water partition coefficient (Wildman–Crippen LogP) is 6.62. The summed E-state index contributed by atoms with van der Waals surface area (Å²) >= 11 is 1.54. The van der Waals surface area contributed by atoms with Gasteiger partial charge in [0, 0.05) is 33.6 Å². The summed E-state index contributed by atoms with van der Waals surface area (Å²) < 4.78 is 13.1. The molecule has 0 saturated heterocycles. The van der Waals surface area contributed by atoms with Gasteiger partial charge in [-0.1, -0.05) is 36.4 Å². The molecule has 0 radical (unpaired) electrons. The molecule has 2 heterocycles. The van der Waals surface area contributed by atoms with E-state index in [0.717, 1.165) is 38.3 Å². The number of esters is 1. The van der Waals surface area contributed by atoms with Crippen molar-refractivity contribution in [2.24, 2.45) is 0 Å². The van der Waals surface area contributed by atoms with Crippen molar-refractivity contribution in [1.29, 1.82) is 0 Å². The lowest BCUT2D eigenvalue weighted by molar-refractivity contribution is 0.0526. The smallest absolute Gasteiger partial charge is 0.338 e. The van der Waals surface area contributed by atoms with Crippen LogP contribution in [-0.2, 0) is 11.3 Å². The number of methoxy groups -OCH3 is 1. The van der Waals surface area contributed by atoms with E-state index in [1.807, 2.05) is 48.8 Å². The third-order valence-corrected chi connectivity index (χ3v) is 6.71. The van der Waals surface area contributed by atoms with Crippen LogP contribution in [0.1, 0.15) is 22.8 Å². The molecule has 0 atom stereocenters. The molecule has 5 aromatic rings. The molecule has 0 spiro atoms. The van der Waals surface area contributed by atoms with Gasteiger partial charge in [-0.3, -0.25) is 4.31 Å². The third kappa shape index (κ3) is 4.81. The maximum absolute atomic E-state index is 12.1. The molecular formula is C28H25N3O3S. The summed E-state index contributed by atoms with van der Waals surface area (Å²) in [6.45, 7) is 2.75. The Hall–Kier alpha value is -3.97. The van der Waals surface area contributed by atoms with Crippen LogP contribution in [-0.4, -0.2) is 29.7 Å². The molecule has 7 heteroatoms. The molecule has 0 saturated carbocycles. The number of benzene rings is 3. The second kappa shape index (κ2) is 10.1. The summed E-state index contributed by atoms with van der Waals surface area (Å²) in [4.78, 5) is 21.1. The number of H-pyrrole nitrogens is 1. The molecule has 6 nitrogen and oxygen atoms in total. The molecule has 0 aliphatic rings. The topological polar surface area (TPSA) is 67.5 Å². The highest BCUT2D eigenvalue weighted by Crippen LogP contribution is 2.39. The van der Waals surface area contributed by atoms with Crippen LogP contribution >= 0.6 is 11.9 Å². The van der Waals surface area contributed by atoms with E-state index in [9.17, 15) is 4.79 Å². The van der Waals surface area contributed by atoms with Crippen LogP contribution in [0.15, 0.2) is 90.1 Å². The van der Waals surface area contributed by atoms with E-state index in [0.29, 0.717) is 18.7 Å². The van der Waals surface area contributed by atoms with Crippen molar-refractivity contribution in [3.05, 3.63) is 96.3 Å². The minimum atomic E-state index is -0.321. The van der Waals surface area contributed by atoms with Gasteiger partial charge < -0.3 is 14.5 Å². The molecule has 1 N–H and O–H groups in total. The van der Waals surface area contributed by atoms with Crippen molar-refractivity contribution in [2.45, 2.75) is 18.4 Å². The minimum Gasteiger partial charge on any atom is -0.492 e. The third-order valence-electron chi connectivity index (χ3n) is 5.70. The van der Waals surface area contributed by atoms with Crippen molar-refractivity contribution < 1.29 is 14.3 Å². The van der Waals surface area contributed by atoms with E-state index in [1.54, 1.807) is 38.1 Å². The Morgan fingerprint density at radius 1 is 1.03 bits per heavy atom. The Labute approximate surface area is 208 Å². The highest BCUT2D eigenvalue weighted by Gasteiger charge is 2.19. The number of ether oxygens (including phenoxy) is 2. The normalized spacial score (nSPS) is 11.0. The first-order valence-corrected chi connectivity index (χ1v) is 12.1. The number of aromatic nitrogens is 2. The van der Waals surface area contributed by atoms with Crippen LogP contribution < -0.4 is 9.04 Å². The van der Waals surface area contributed by atoms with Crippen molar-refractivity contribution in [3.63, 3.8) is 0 Å². The molecule has 0 aliphatic carbocycles. The van der Waals surface area contributed by atoms with E-state index < -0.39 is 0 Å². The Balaban J connectivity index is 1.52. The second-order valence-corrected chi connectivity index (χ2v) is 9.07. The number of nitrogens with one attached hydrogen (secondary N) is 1. The SMILES string of the molecule is CCOC(=O)c1ccc(SN(Cc2ccc3cc[nH]c3c2)c2ncc3ccccc3c2OC)cc1. The van der Waals surface area contributed by atoms with Gasteiger partial charge >= 0.3 is 5.97 Å². The molecule has 0 unspecified atom stereocenters. The summed E-state index contributed by atoms with van der Waals surface area (Å²) in [6, 6.07) is 23.9. The van der Waals surface area contributed by atoms with Gasteiger partial charge in [0.1, 0.15) is 0 Å². The molecule has 176 valence electrons. The predicted molar refractivity (Wildman–Crippen MR) is 141 cm³/mol. The van der Waals surface area contributed by atoms with Crippen molar-refractivity contribution in [2.75, 3.05) is 18.0 Å². The summed E-state index contributed by atoms with van der Waals surface area (Å²) in [5, 5.41) is 3.19. The van der Waals surface area contributed by atoms with Gasteiger partial charge in [0.2, 0.25) is 0 Å². The number of carbonyl (C=O) groups excluding carboxylic acids is 1. The fourth-order valence-electron chi connectivity index (χ4n) is 4.01. The molecule has 0 bridgehead atoms. The maximum atomic E-state index is 12.1. The number of rotatable bonds is 8. The Bertz CT molecular complexity index is 1480. The molecule has 3 aromatic carbocycles. The lowest BCUT2D eigenvalue weighted by Crippen LogP contribution is -2.16. The minimum absolute atomic E-state index is 0.321. The van der Waals surface area contributed by atoms with Gasteiger partial charge in [0.05, 0.1) is 25.8 Å². The lowest BCUT2D eigenvalue weighted by atomic mass is 10.1. The number of aromatic amines is 1. The Morgan fingerprint density at radius 2 is 1.86 bits per heavy atom. The van der Waals surface area contributed by atoms with E-state index in [2.05, 4.69) is 33.6 Å². The van der Waals surface area contributed by atoms with E-state index in [1.165, 1.54) is 5.39 Å². The number of hydrogen-bond donors (Lipinski definition) is 1. The van der Waals surface area contributed by atoms with Crippen LogP contribution in [0.25, 0.3) is 21.7 Å². The Kier molecular flexibility index (Phi) is 6.59. The first-order chi connectivity index (χ1) is 17.2. The largest absolute Gasteiger partial charge is 0.492 e. The van der Waals surface area contributed by atoms with Crippen molar-refractivity contribution in [3.8, 4) is 5.75 Å². The summed E-state index contributed by atoms with van der Waals surface area (Å²) in [6.07, 6.45) is 3.82. The van der Waals surface area contributed by atoms with Crippen LogP contribution in [0.5, 0.6) is 5.75 Å². The van der Waals surface area contributed by atoms with Gasteiger partial charge in [-0.05, 0) is 66.2 Å². The number of pyridine rings is 1. The number of fused-ring (bicyclic) bond motifs is 2. The quantitative estimate of drug-likeness (QED) is 0.198. The summed E-state index contributed by atoms with van der Waals surface area (Å²) in [5.74, 6) is 1.13. The number of carbonyl (C=O) groups is 1. The van der Waals surface area contributed by atoms with Crippen LogP contribution in [0.2, 0.25) is 0 Å². The standard InChI is InChI=1S/C28H25N3O3S/c1-3-34-28(32)21-10-12-23(13-11-21)35-31(18-19-8-9-20-14-15-29-25(20)16-19)27-26(33-2)24-7-5-4-6-22(24)17-30-27/h4-17,29H,3,18H2,1-2H3. The summed E-state index contributed by atoms with van der Waals surface area (Å²) in [7, 11) is 1.68. The fourth-order valence-corrected chi connectivity index (χ4v) is 4.95. The van der Waals surface area contributed by atoms with Gasteiger partial charge in [0.25, 0.3) is 0 Å². The van der Waals surface area contributed by atoms with E-state index in [-0.39, 0.29) is 5.97 Å². The van der Waals surface area contributed by atoms with Gasteiger partial charge in [-0.25, -0.2) is 9.78 Å². The molecule has 35 heavy (non-hydrogen) atoms. The zero-order chi connectivity index (χ0) is 24.2. The van der Waals surface area contributed by atoms with Crippen LogP contribution in [0, 0.1) is 0 Å². The molecule has 2 aromatic heterocycles. The molecular weight excluding hydrogens is 458 g/mol. The average Bonchev–Trinajstić information content (AvgIpc) is 3.36. The van der Waals surface area contributed by atoms with Gasteiger partial charge in [-0.15, -0.1) is 0 Å². The molecule has 0 fully saturated rings. The molecule has 5 rings (SSSR count). The van der Waals surface area contributed by atoms with Crippen LogP contribution in [0.3, 0.4) is 0 Å². The highest BCUT2D eigenvalue weighted by molar-refractivity contribution is 8.00. The van der Waals surface area contributed by atoms with Crippen molar-refractivity contribution in [1.82, 2.24) is 9.97 Å². The molecule has 0 aliphatic heterocycles. The maximum Gasteiger partial charge on any atom is 0.338 e. The summed E-state index contributed by atoms with van der Waals surface area (Å²) in [5.41, 5.74) is 2.75.